The second kappa shape index (κ2) is 12.5. The number of allylic oxidation sites excluding steroid dienone is 4. The molecule has 1 fully saturated rings. The Morgan fingerprint density at radius 3 is 2.23 bits per heavy atom. The summed E-state index contributed by atoms with van der Waals surface area (Å²) in [4.78, 5) is 0. The molecule has 1 saturated carbocycles. The van der Waals surface area contributed by atoms with Crippen molar-refractivity contribution in [1.82, 2.24) is 0 Å². The van der Waals surface area contributed by atoms with Gasteiger partial charge in [0.15, 0.2) is 0 Å². The summed E-state index contributed by atoms with van der Waals surface area (Å²) in [5.74, 6) is 1.90. The number of hydrogen-bond acceptors (Lipinski definition) is 1. The van der Waals surface area contributed by atoms with E-state index in [0.29, 0.717) is 0 Å². The molecule has 0 unspecified atom stereocenters. The van der Waals surface area contributed by atoms with Crippen LogP contribution in [0.5, 0.6) is 0 Å². The largest absolute Gasteiger partial charge is 0.193 e. The highest BCUT2D eigenvalue weighted by molar-refractivity contribution is 5.22. The van der Waals surface area contributed by atoms with Crippen LogP contribution in [0.15, 0.2) is 48.6 Å². The Kier molecular flexibility index (Phi) is 9.88. The fourth-order valence-electron chi connectivity index (χ4n) is 4.12. The van der Waals surface area contributed by atoms with Gasteiger partial charge in [-0.2, -0.15) is 5.26 Å². The summed E-state index contributed by atoms with van der Waals surface area (Å²) in [7, 11) is 0. The normalized spacial score (nSPS) is 20.6. The minimum absolute atomic E-state index is 0.924. The van der Waals surface area contributed by atoms with Crippen LogP contribution in [0.1, 0.15) is 75.8 Å². The molecule has 0 N–H and O–H groups in total. The monoisotopic (exact) mass is 349 g/mol. The average Bonchev–Trinajstić information content (AvgIpc) is 2.69. The van der Waals surface area contributed by atoms with E-state index in [1.54, 1.807) is 0 Å². The molecule has 0 atom stereocenters. The number of unbranched alkanes of at least 4 members (excludes halogenated alkanes) is 1. The number of nitrogens with zero attached hydrogens (tertiary/aromatic N) is 1. The Bertz CT molecular complexity index is 580. The topological polar surface area (TPSA) is 23.8 Å². The highest BCUT2D eigenvalue weighted by Gasteiger charge is 2.20. The Labute approximate surface area is 160 Å². The van der Waals surface area contributed by atoms with Gasteiger partial charge < -0.3 is 0 Å². The van der Waals surface area contributed by atoms with Crippen LogP contribution in [-0.2, 0) is 12.8 Å². The maximum Gasteiger partial charge on any atom is 0.0912 e. The smallest absolute Gasteiger partial charge is 0.0912 e. The molecule has 0 saturated heterocycles. The van der Waals surface area contributed by atoms with E-state index in [2.05, 4.69) is 37.3 Å². The molecular weight excluding hydrogens is 314 g/mol. The van der Waals surface area contributed by atoms with E-state index in [0.717, 1.165) is 24.7 Å². The van der Waals surface area contributed by atoms with Gasteiger partial charge in [0.05, 0.1) is 6.07 Å². The fourth-order valence-corrected chi connectivity index (χ4v) is 4.12. The van der Waals surface area contributed by atoms with E-state index in [9.17, 15) is 0 Å². The molecule has 1 aromatic rings. The van der Waals surface area contributed by atoms with E-state index in [1.165, 1.54) is 75.0 Å². The van der Waals surface area contributed by atoms with Crippen molar-refractivity contribution in [3.63, 3.8) is 0 Å². The van der Waals surface area contributed by atoms with Crippen LogP contribution in [0.3, 0.4) is 0 Å². The SMILES string of the molecule is CCc1ccc(CCCCC2CCC(CC/C=C/C=C/C#N)CC2)cc1. The summed E-state index contributed by atoms with van der Waals surface area (Å²) in [5.41, 5.74) is 2.95. The molecule has 26 heavy (non-hydrogen) atoms. The summed E-state index contributed by atoms with van der Waals surface area (Å²) in [6, 6.07) is 11.2. The third kappa shape index (κ3) is 8.05. The van der Waals surface area contributed by atoms with Crippen molar-refractivity contribution in [3.05, 3.63) is 59.7 Å². The number of benzene rings is 1. The van der Waals surface area contributed by atoms with Crippen molar-refractivity contribution < 1.29 is 0 Å². The van der Waals surface area contributed by atoms with Gasteiger partial charge in [0, 0.05) is 6.08 Å². The molecule has 0 aliphatic heterocycles. The maximum absolute atomic E-state index is 8.44. The fraction of sp³-hybridized carbons (Fsp3) is 0.560. The Hall–Kier alpha value is -1.81. The van der Waals surface area contributed by atoms with Crippen LogP contribution in [0.2, 0.25) is 0 Å². The molecule has 0 radical (unpaired) electrons. The van der Waals surface area contributed by atoms with Crippen molar-refractivity contribution in [2.75, 3.05) is 0 Å². The third-order valence-electron chi connectivity index (χ3n) is 5.88. The molecule has 1 aliphatic carbocycles. The van der Waals surface area contributed by atoms with E-state index in [4.69, 9.17) is 5.26 Å². The molecule has 1 aliphatic rings. The maximum atomic E-state index is 8.44. The van der Waals surface area contributed by atoms with Crippen LogP contribution in [0, 0.1) is 23.2 Å². The van der Waals surface area contributed by atoms with Gasteiger partial charge in [-0.3, -0.25) is 0 Å². The molecule has 0 spiro atoms. The zero-order valence-corrected chi connectivity index (χ0v) is 16.5. The van der Waals surface area contributed by atoms with Crippen LogP contribution < -0.4 is 0 Å². The predicted octanol–water partition coefficient (Wildman–Crippen LogP) is 7.18. The number of rotatable bonds is 10. The molecule has 0 bridgehead atoms. The minimum atomic E-state index is 0.924. The van der Waals surface area contributed by atoms with E-state index >= 15 is 0 Å². The molecule has 1 nitrogen and oxygen atoms in total. The third-order valence-corrected chi connectivity index (χ3v) is 5.88. The highest BCUT2D eigenvalue weighted by atomic mass is 14.3. The molecule has 140 valence electrons. The quantitative estimate of drug-likeness (QED) is 0.249. The number of aryl methyl sites for hydroxylation is 2. The van der Waals surface area contributed by atoms with Crippen LogP contribution in [0.4, 0.5) is 0 Å². The van der Waals surface area contributed by atoms with Gasteiger partial charge in [0.2, 0.25) is 0 Å². The second-order valence-corrected chi connectivity index (χ2v) is 7.80. The first-order valence-corrected chi connectivity index (χ1v) is 10.6. The van der Waals surface area contributed by atoms with Gasteiger partial charge in [0.25, 0.3) is 0 Å². The van der Waals surface area contributed by atoms with Crippen LogP contribution in [0.25, 0.3) is 0 Å². The second-order valence-electron chi connectivity index (χ2n) is 7.80. The lowest BCUT2D eigenvalue weighted by Gasteiger charge is -2.28. The first-order valence-electron chi connectivity index (χ1n) is 10.6. The summed E-state index contributed by atoms with van der Waals surface area (Å²) < 4.78 is 0. The lowest BCUT2D eigenvalue weighted by molar-refractivity contribution is 0.250. The molecule has 1 aromatic carbocycles. The molecule has 1 heteroatoms. The lowest BCUT2D eigenvalue weighted by atomic mass is 9.78. The van der Waals surface area contributed by atoms with E-state index < -0.39 is 0 Å². The van der Waals surface area contributed by atoms with Crippen LogP contribution in [-0.4, -0.2) is 0 Å². The zero-order valence-electron chi connectivity index (χ0n) is 16.5. The summed E-state index contributed by atoms with van der Waals surface area (Å²) in [6.45, 7) is 2.22. The lowest BCUT2D eigenvalue weighted by Crippen LogP contribution is -2.14. The van der Waals surface area contributed by atoms with Crippen molar-refractivity contribution in [2.45, 2.75) is 77.6 Å². The van der Waals surface area contributed by atoms with Gasteiger partial charge in [-0.25, -0.2) is 0 Å². The van der Waals surface area contributed by atoms with Crippen molar-refractivity contribution in [3.8, 4) is 6.07 Å². The Morgan fingerprint density at radius 2 is 1.58 bits per heavy atom. The number of nitriles is 1. The van der Waals surface area contributed by atoms with Gasteiger partial charge in [-0.05, 0) is 55.1 Å². The van der Waals surface area contributed by atoms with E-state index in [1.807, 2.05) is 18.2 Å². The first kappa shape index (κ1) is 20.5. The van der Waals surface area contributed by atoms with Gasteiger partial charge in [-0.15, -0.1) is 0 Å². The standard InChI is InChI=1S/C25H35N/c1-2-22-13-15-24(16-14-22)11-7-8-12-25-19-17-23(18-20-25)10-6-4-3-5-9-21-26/h3-5,9,13-16,23,25H,2,6-8,10-12,17-20H2,1H3/b4-3+,9-5+. The summed E-state index contributed by atoms with van der Waals surface area (Å²) in [5, 5.41) is 8.44. The van der Waals surface area contributed by atoms with Gasteiger partial charge in [-0.1, -0.05) is 87.9 Å². The molecule has 0 aromatic heterocycles. The van der Waals surface area contributed by atoms with Crippen molar-refractivity contribution >= 4 is 0 Å². The van der Waals surface area contributed by atoms with Gasteiger partial charge >= 0.3 is 0 Å². The minimum Gasteiger partial charge on any atom is -0.193 e. The van der Waals surface area contributed by atoms with Crippen molar-refractivity contribution in [1.29, 1.82) is 5.26 Å². The predicted molar refractivity (Wildman–Crippen MR) is 112 cm³/mol. The average molecular weight is 350 g/mol. The Morgan fingerprint density at radius 1 is 0.923 bits per heavy atom. The summed E-state index contributed by atoms with van der Waals surface area (Å²) in [6.07, 6.45) is 22.3. The summed E-state index contributed by atoms with van der Waals surface area (Å²) >= 11 is 0. The van der Waals surface area contributed by atoms with E-state index in [-0.39, 0.29) is 0 Å². The first-order chi connectivity index (χ1) is 12.8. The molecule has 0 amide bonds. The highest BCUT2D eigenvalue weighted by Crippen LogP contribution is 2.34. The Balaban J connectivity index is 1.52. The van der Waals surface area contributed by atoms with Gasteiger partial charge in [0.1, 0.15) is 0 Å². The van der Waals surface area contributed by atoms with Crippen molar-refractivity contribution in [2.24, 2.45) is 11.8 Å². The number of hydrogen-bond donors (Lipinski definition) is 0. The molecule has 2 rings (SSSR count). The molecule has 0 heterocycles. The zero-order chi connectivity index (χ0) is 18.5. The van der Waals surface area contributed by atoms with Crippen LogP contribution >= 0.6 is 0 Å². The molecular formula is C25H35N.